The van der Waals surface area contributed by atoms with Gasteiger partial charge in [-0.3, -0.25) is 4.79 Å². The third-order valence-electron chi connectivity index (χ3n) is 7.27. The van der Waals surface area contributed by atoms with Crippen molar-refractivity contribution in [3.63, 3.8) is 0 Å². The highest BCUT2D eigenvalue weighted by atomic mass is 32.2. The van der Waals surface area contributed by atoms with Gasteiger partial charge in [0.2, 0.25) is 5.91 Å². The lowest BCUT2D eigenvalue weighted by Crippen LogP contribution is -2.27. The van der Waals surface area contributed by atoms with E-state index in [1.165, 1.54) is 28.0 Å². The summed E-state index contributed by atoms with van der Waals surface area (Å²) in [7, 11) is 0. The molecule has 4 rings (SSSR count). The minimum absolute atomic E-state index is 0.117. The second kappa shape index (κ2) is 13.9. The van der Waals surface area contributed by atoms with Gasteiger partial charge in [0.1, 0.15) is 5.00 Å². The lowest BCUT2D eigenvalue weighted by molar-refractivity contribution is -0.115. The lowest BCUT2D eigenvalue weighted by Gasteiger charge is -2.33. The summed E-state index contributed by atoms with van der Waals surface area (Å²) in [6, 6.07) is 17.6. The first-order valence-electron chi connectivity index (χ1n) is 14.1. The number of thiocarbonyl (C=S) groups is 1. The molecule has 3 aromatic rings. The van der Waals surface area contributed by atoms with Crippen LogP contribution in [-0.4, -0.2) is 28.8 Å². The Morgan fingerprint density at radius 3 is 2.44 bits per heavy atom. The number of carbonyl (C=O) groups is 2. The lowest BCUT2D eigenvalue weighted by atomic mass is 9.72. The van der Waals surface area contributed by atoms with E-state index in [1.54, 1.807) is 0 Å². The molecular formula is C32H39N3O3S3. The molecule has 6 nitrogen and oxygen atoms in total. The molecule has 0 radical (unpaired) electrons. The van der Waals surface area contributed by atoms with E-state index >= 15 is 0 Å². The van der Waals surface area contributed by atoms with E-state index in [-0.39, 0.29) is 22.5 Å². The fraction of sp³-hybridized carbons (Fsp3) is 0.406. The summed E-state index contributed by atoms with van der Waals surface area (Å²) in [6.45, 7) is 10.9. The van der Waals surface area contributed by atoms with Crippen LogP contribution in [0.2, 0.25) is 0 Å². The van der Waals surface area contributed by atoms with Gasteiger partial charge in [0, 0.05) is 21.1 Å². The quantitative estimate of drug-likeness (QED) is 0.128. The van der Waals surface area contributed by atoms with Gasteiger partial charge in [0.05, 0.1) is 17.4 Å². The van der Waals surface area contributed by atoms with Crippen molar-refractivity contribution >= 4 is 68.7 Å². The summed E-state index contributed by atoms with van der Waals surface area (Å²) < 4.78 is 5.42. The molecular weight excluding hydrogens is 571 g/mol. The highest BCUT2D eigenvalue weighted by Gasteiger charge is 2.35. The fourth-order valence-corrected chi connectivity index (χ4v) is 7.54. The molecule has 0 fully saturated rings. The number of para-hydroxylation sites is 1. The van der Waals surface area contributed by atoms with E-state index in [0.717, 1.165) is 41.1 Å². The van der Waals surface area contributed by atoms with Crippen molar-refractivity contribution in [2.45, 2.75) is 70.4 Å². The van der Waals surface area contributed by atoms with Gasteiger partial charge in [-0.05, 0) is 92.1 Å². The van der Waals surface area contributed by atoms with Gasteiger partial charge in [-0.15, -0.1) is 23.1 Å². The van der Waals surface area contributed by atoms with E-state index in [9.17, 15) is 9.59 Å². The fourth-order valence-electron chi connectivity index (χ4n) is 4.97. The van der Waals surface area contributed by atoms with Crippen molar-refractivity contribution in [1.29, 1.82) is 0 Å². The molecule has 3 N–H and O–H groups in total. The zero-order valence-corrected chi connectivity index (χ0v) is 26.8. The number of carbonyl (C=O) groups excluding carboxylic acids is 2. The molecule has 0 saturated heterocycles. The Morgan fingerprint density at radius 1 is 1.05 bits per heavy atom. The van der Waals surface area contributed by atoms with Gasteiger partial charge < -0.3 is 20.7 Å². The van der Waals surface area contributed by atoms with Crippen molar-refractivity contribution in [3.05, 3.63) is 70.6 Å². The first-order chi connectivity index (χ1) is 19.6. The molecule has 2 atom stereocenters. The third-order valence-corrected chi connectivity index (χ3v) is 10.0. The number of nitrogens with one attached hydrogen (secondary N) is 3. The second-order valence-corrected chi connectivity index (χ2v) is 14.0. The van der Waals surface area contributed by atoms with E-state index < -0.39 is 0 Å². The summed E-state index contributed by atoms with van der Waals surface area (Å²) in [5.74, 6) is 0.0607. The molecule has 1 aliphatic carbocycles. The standard InChI is InChI=1S/C32H39N3O3S3/c1-6-25(40-23-15-11-14-22(19-23)34-31(39)33-21-12-9-8-10-13-21)28(36)35-29-27(30(37)38-7-2)24-17-16-20(32(3,4)5)18-26(24)41-29/h8-15,19-20,25H,6-7,16-18H2,1-5H3,(H,35,36)(H2,33,34,39). The Bertz CT molecular complexity index is 1380. The van der Waals surface area contributed by atoms with Crippen LogP contribution in [0.5, 0.6) is 0 Å². The summed E-state index contributed by atoms with van der Waals surface area (Å²) in [6.07, 6.45) is 3.40. The van der Waals surface area contributed by atoms with Crippen molar-refractivity contribution in [1.82, 2.24) is 0 Å². The average molecular weight is 610 g/mol. The Hall–Kier alpha value is -2.88. The molecule has 1 amide bonds. The van der Waals surface area contributed by atoms with E-state index in [4.69, 9.17) is 17.0 Å². The van der Waals surface area contributed by atoms with Gasteiger partial charge in [-0.2, -0.15) is 0 Å². The molecule has 1 heterocycles. The van der Waals surface area contributed by atoms with Gasteiger partial charge >= 0.3 is 5.97 Å². The smallest absolute Gasteiger partial charge is 0.341 e. The van der Waals surface area contributed by atoms with Crippen LogP contribution in [0.1, 0.15) is 68.3 Å². The number of rotatable bonds is 9. The number of hydrogen-bond acceptors (Lipinski definition) is 6. The molecule has 0 bridgehead atoms. The SMILES string of the molecule is CCOC(=O)c1c(NC(=O)C(CC)Sc2cccc(NC(=S)Nc3ccccc3)c2)sc2c1CCC(C(C)(C)C)C2. The van der Waals surface area contributed by atoms with Crippen LogP contribution in [0.25, 0.3) is 0 Å². The molecule has 1 aliphatic rings. The van der Waals surface area contributed by atoms with Crippen LogP contribution < -0.4 is 16.0 Å². The molecule has 218 valence electrons. The van der Waals surface area contributed by atoms with Gasteiger partial charge in [0.15, 0.2) is 5.11 Å². The monoisotopic (exact) mass is 609 g/mol. The van der Waals surface area contributed by atoms with E-state index in [0.29, 0.717) is 34.6 Å². The van der Waals surface area contributed by atoms with Crippen LogP contribution in [0.3, 0.4) is 0 Å². The number of anilines is 3. The third kappa shape index (κ3) is 8.11. The first kappa shape index (κ1) is 31.1. The summed E-state index contributed by atoms with van der Waals surface area (Å²) in [5.41, 5.74) is 3.51. The predicted molar refractivity (Wildman–Crippen MR) is 177 cm³/mol. The van der Waals surface area contributed by atoms with Crippen LogP contribution in [0.15, 0.2) is 59.5 Å². The largest absolute Gasteiger partial charge is 0.462 e. The topological polar surface area (TPSA) is 79.5 Å². The first-order valence-corrected chi connectivity index (χ1v) is 16.2. The molecule has 2 aromatic carbocycles. The van der Waals surface area contributed by atoms with Gasteiger partial charge in [-0.25, -0.2) is 4.79 Å². The molecule has 1 aromatic heterocycles. The Labute approximate surface area is 257 Å². The zero-order valence-electron chi connectivity index (χ0n) is 24.3. The minimum atomic E-state index is -0.353. The number of ether oxygens (including phenoxy) is 1. The minimum Gasteiger partial charge on any atom is -0.462 e. The summed E-state index contributed by atoms with van der Waals surface area (Å²) in [5, 5.41) is 10.3. The van der Waals surface area contributed by atoms with Crippen LogP contribution in [0, 0.1) is 11.3 Å². The Morgan fingerprint density at radius 2 is 1.76 bits per heavy atom. The number of thiophene rings is 1. The van der Waals surface area contributed by atoms with E-state index in [2.05, 4.69) is 36.7 Å². The van der Waals surface area contributed by atoms with Gasteiger partial charge in [-0.1, -0.05) is 52.0 Å². The molecule has 9 heteroatoms. The van der Waals surface area contributed by atoms with Crippen molar-refractivity contribution < 1.29 is 14.3 Å². The van der Waals surface area contributed by atoms with Crippen molar-refractivity contribution in [2.24, 2.45) is 11.3 Å². The molecule has 2 unspecified atom stereocenters. The number of fused-ring (bicyclic) bond motifs is 1. The average Bonchev–Trinajstić information content (AvgIpc) is 3.29. The molecule has 0 saturated carbocycles. The van der Waals surface area contributed by atoms with Crippen LogP contribution >= 0.6 is 35.3 Å². The number of benzene rings is 2. The predicted octanol–water partition coefficient (Wildman–Crippen LogP) is 8.39. The van der Waals surface area contributed by atoms with Crippen molar-refractivity contribution in [3.8, 4) is 0 Å². The number of esters is 1. The maximum atomic E-state index is 13.6. The summed E-state index contributed by atoms with van der Waals surface area (Å²) in [4.78, 5) is 28.7. The number of amides is 1. The highest BCUT2D eigenvalue weighted by Crippen LogP contribution is 2.45. The molecule has 41 heavy (non-hydrogen) atoms. The van der Waals surface area contributed by atoms with E-state index in [1.807, 2.05) is 68.4 Å². The maximum absolute atomic E-state index is 13.6. The Kier molecular flexibility index (Phi) is 10.5. The highest BCUT2D eigenvalue weighted by molar-refractivity contribution is 8.00. The molecule has 0 aliphatic heterocycles. The molecule has 0 spiro atoms. The number of hydrogen-bond donors (Lipinski definition) is 3. The van der Waals surface area contributed by atoms with Crippen LogP contribution in [-0.2, 0) is 22.4 Å². The normalized spacial score (nSPS) is 15.4. The Balaban J connectivity index is 1.47. The number of thioether (sulfide) groups is 1. The van der Waals surface area contributed by atoms with Crippen LogP contribution in [0.4, 0.5) is 16.4 Å². The second-order valence-electron chi connectivity index (χ2n) is 11.2. The maximum Gasteiger partial charge on any atom is 0.341 e. The van der Waals surface area contributed by atoms with Crippen molar-refractivity contribution in [2.75, 3.05) is 22.6 Å². The van der Waals surface area contributed by atoms with Gasteiger partial charge in [0.25, 0.3) is 0 Å². The summed E-state index contributed by atoms with van der Waals surface area (Å²) >= 11 is 8.51. The zero-order chi connectivity index (χ0) is 29.6.